The summed E-state index contributed by atoms with van der Waals surface area (Å²) >= 11 is 0. The molecule has 112 valence electrons. The maximum atomic E-state index is 11.9. The highest BCUT2D eigenvalue weighted by molar-refractivity contribution is 5.77. The summed E-state index contributed by atoms with van der Waals surface area (Å²) in [6.07, 6.45) is -3.56. The molecule has 0 aromatic rings. The van der Waals surface area contributed by atoms with E-state index >= 15 is 0 Å². The molecule has 0 aromatic heterocycles. The van der Waals surface area contributed by atoms with Crippen LogP contribution >= 0.6 is 0 Å². The number of nitrogens with one attached hydrogen (secondary N) is 1. The van der Waals surface area contributed by atoms with Crippen molar-refractivity contribution in [1.29, 1.82) is 0 Å². The maximum absolute atomic E-state index is 11.9. The largest absolute Gasteiger partial charge is 0.411 e. The minimum Gasteiger partial charge on any atom is -0.362 e. The van der Waals surface area contributed by atoms with Gasteiger partial charge in [-0.15, -0.1) is 0 Å². The molecule has 19 heavy (non-hydrogen) atoms. The molecule has 1 fully saturated rings. The Morgan fingerprint density at radius 2 is 2.16 bits per heavy atom. The molecule has 0 saturated carbocycles. The van der Waals surface area contributed by atoms with E-state index in [0.29, 0.717) is 25.0 Å². The third-order valence-electron chi connectivity index (χ3n) is 3.22. The average Bonchev–Trinajstić information content (AvgIpc) is 2.30. The van der Waals surface area contributed by atoms with Gasteiger partial charge in [0.25, 0.3) is 0 Å². The smallest absolute Gasteiger partial charge is 0.362 e. The van der Waals surface area contributed by atoms with E-state index in [4.69, 9.17) is 0 Å². The van der Waals surface area contributed by atoms with E-state index in [0.717, 1.165) is 13.0 Å². The molecule has 2 atom stereocenters. The fourth-order valence-corrected chi connectivity index (χ4v) is 2.28. The first-order valence-corrected chi connectivity index (χ1v) is 6.49. The average molecular weight is 282 g/mol. The first-order chi connectivity index (χ1) is 8.83. The summed E-state index contributed by atoms with van der Waals surface area (Å²) in [5.41, 5.74) is 0. The summed E-state index contributed by atoms with van der Waals surface area (Å²) < 4.78 is 40.1. The molecule has 1 N–H and O–H groups in total. The second-order valence-corrected chi connectivity index (χ2v) is 4.88. The Bertz CT molecular complexity index is 297. The molecule has 1 saturated heterocycles. The summed E-state index contributed by atoms with van der Waals surface area (Å²) in [5.74, 6) is -0.0775. The van der Waals surface area contributed by atoms with Crippen LogP contribution in [0.4, 0.5) is 13.2 Å². The number of nitrogens with zero attached hydrogens (tertiary/aromatic N) is 1. The predicted molar refractivity (Wildman–Crippen MR) is 64.7 cm³/mol. The van der Waals surface area contributed by atoms with E-state index < -0.39 is 19.4 Å². The van der Waals surface area contributed by atoms with Crippen LogP contribution in [-0.4, -0.2) is 55.9 Å². The standard InChI is InChI=1S/C12H21F3N2O2/c1-3-16-10-4-5-17(6-9(10)2)11(18)7-19-8-12(13,14)15/h9-10,16H,3-8H2,1-2H3. The maximum Gasteiger partial charge on any atom is 0.411 e. The van der Waals surface area contributed by atoms with Gasteiger partial charge in [0.2, 0.25) is 5.91 Å². The normalized spacial score (nSPS) is 24.6. The number of rotatable bonds is 5. The molecule has 0 bridgehead atoms. The Morgan fingerprint density at radius 3 is 2.68 bits per heavy atom. The number of hydrogen-bond donors (Lipinski definition) is 1. The van der Waals surface area contributed by atoms with Gasteiger partial charge in [0.15, 0.2) is 0 Å². The van der Waals surface area contributed by atoms with Gasteiger partial charge in [-0.1, -0.05) is 13.8 Å². The van der Waals surface area contributed by atoms with Crippen LogP contribution in [0, 0.1) is 5.92 Å². The lowest BCUT2D eigenvalue weighted by molar-refractivity contribution is -0.178. The van der Waals surface area contributed by atoms with Crippen molar-refractivity contribution in [1.82, 2.24) is 10.2 Å². The number of carbonyl (C=O) groups is 1. The summed E-state index contributed by atoms with van der Waals surface area (Å²) in [6, 6.07) is 0.366. The number of piperidine rings is 1. The van der Waals surface area contributed by atoms with Gasteiger partial charge < -0.3 is 15.0 Å². The topological polar surface area (TPSA) is 41.6 Å². The van der Waals surface area contributed by atoms with Crippen molar-refractivity contribution in [2.75, 3.05) is 32.8 Å². The molecule has 2 unspecified atom stereocenters. The van der Waals surface area contributed by atoms with E-state index in [1.807, 2.05) is 13.8 Å². The number of likely N-dealkylation sites (tertiary alicyclic amines) is 1. The lowest BCUT2D eigenvalue weighted by Gasteiger charge is -2.37. The number of hydrogen-bond acceptors (Lipinski definition) is 3. The van der Waals surface area contributed by atoms with Gasteiger partial charge in [0.05, 0.1) is 0 Å². The molecule has 1 rings (SSSR count). The molecule has 7 heteroatoms. The molecule has 1 aliphatic heterocycles. The Labute approximate surface area is 111 Å². The Kier molecular flexibility index (Phi) is 6.06. The third-order valence-corrected chi connectivity index (χ3v) is 3.22. The van der Waals surface area contributed by atoms with Crippen molar-refractivity contribution in [3.05, 3.63) is 0 Å². The van der Waals surface area contributed by atoms with Crippen LogP contribution in [0.5, 0.6) is 0 Å². The van der Waals surface area contributed by atoms with E-state index in [-0.39, 0.29) is 5.91 Å². The zero-order chi connectivity index (χ0) is 14.5. The van der Waals surface area contributed by atoms with Crippen LogP contribution in [0.15, 0.2) is 0 Å². The van der Waals surface area contributed by atoms with Crippen molar-refractivity contribution in [3.63, 3.8) is 0 Å². The Balaban J connectivity index is 2.31. The van der Waals surface area contributed by atoms with Crippen LogP contribution in [0.3, 0.4) is 0 Å². The van der Waals surface area contributed by atoms with E-state index in [9.17, 15) is 18.0 Å². The summed E-state index contributed by atoms with van der Waals surface area (Å²) in [5, 5.41) is 3.34. The van der Waals surface area contributed by atoms with Gasteiger partial charge in [-0.25, -0.2) is 0 Å². The number of ether oxygens (including phenoxy) is 1. The van der Waals surface area contributed by atoms with E-state index in [2.05, 4.69) is 10.1 Å². The second kappa shape index (κ2) is 7.09. The van der Waals surface area contributed by atoms with E-state index in [1.165, 1.54) is 0 Å². The number of carbonyl (C=O) groups excluding carboxylic acids is 1. The SMILES string of the molecule is CCNC1CCN(C(=O)COCC(F)(F)F)CC1C. The lowest BCUT2D eigenvalue weighted by Crippen LogP contribution is -2.50. The van der Waals surface area contributed by atoms with Gasteiger partial charge in [0.1, 0.15) is 13.2 Å². The molecule has 4 nitrogen and oxygen atoms in total. The monoisotopic (exact) mass is 282 g/mol. The number of amides is 1. The van der Waals surface area contributed by atoms with Crippen molar-refractivity contribution in [2.24, 2.45) is 5.92 Å². The van der Waals surface area contributed by atoms with Gasteiger partial charge in [-0.3, -0.25) is 4.79 Å². The second-order valence-electron chi connectivity index (χ2n) is 4.88. The minimum absolute atomic E-state index is 0.292. The lowest BCUT2D eigenvalue weighted by atomic mass is 9.94. The fraction of sp³-hybridized carbons (Fsp3) is 0.917. The quantitative estimate of drug-likeness (QED) is 0.829. The van der Waals surface area contributed by atoms with Crippen molar-refractivity contribution >= 4 is 5.91 Å². The third kappa shape index (κ3) is 5.78. The molecule has 0 aliphatic carbocycles. The van der Waals surface area contributed by atoms with Crippen LogP contribution in [0.25, 0.3) is 0 Å². The van der Waals surface area contributed by atoms with Gasteiger partial charge in [-0.05, 0) is 18.9 Å². The highest BCUT2D eigenvalue weighted by Gasteiger charge is 2.30. The Morgan fingerprint density at radius 1 is 1.47 bits per heavy atom. The first kappa shape index (κ1) is 16.2. The van der Waals surface area contributed by atoms with E-state index in [1.54, 1.807) is 4.90 Å². The zero-order valence-corrected chi connectivity index (χ0v) is 11.3. The number of halogens is 3. The molecule has 1 heterocycles. The molecular formula is C12H21F3N2O2. The molecular weight excluding hydrogens is 261 g/mol. The highest BCUT2D eigenvalue weighted by Crippen LogP contribution is 2.18. The Hall–Kier alpha value is -0.820. The van der Waals surface area contributed by atoms with Crippen molar-refractivity contribution in [2.45, 2.75) is 32.5 Å². The van der Waals surface area contributed by atoms with Gasteiger partial charge >= 0.3 is 6.18 Å². The van der Waals surface area contributed by atoms with Crippen molar-refractivity contribution in [3.8, 4) is 0 Å². The summed E-state index contributed by atoms with van der Waals surface area (Å²) in [7, 11) is 0. The molecule has 1 amide bonds. The number of alkyl halides is 3. The van der Waals surface area contributed by atoms with Crippen molar-refractivity contribution < 1.29 is 22.7 Å². The van der Waals surface area contributed by atoms with Crippen LogP contribution in [-0.2, 0) is 9.53 Å². The summed E-state index contributed by atoms with van der Waals surface area (Å²) in [4.78, 5) is 13.3. The van der Waals surface area contributed by atoms with Gasteiger partial charge in [0, 0.05) is 19.1 Å². The fourth-order valence-electron chi connectivity index (χ4n) is 2.28. The van der Waals surface area contributed by atoms with Crippen LogP contribution in [0.2, 0.25) is 0 Å². The minimum atomic E-state index is -4.38. The van der Waals surface area contributed by atoms with Crippen LogP contribution in [0.1, 0.15) is 20.3 Å². The zero-order valence-electron chi connectivity index (χ0n) is 11.3. The summed E-state index contributed by atoms with van der Waals surface area (Å²) in [6.45, 7) is 4.18. The molecule has 0 spiro atoms. The molecule has 0 radical (unpaired) electrons. The molecule has 1 aliphatic rings. The van der Waals surface area contributed by atoms with Crippen LogP contribution < -0.4 is 5.32 Å². The molecule has 0 aromatic carbocycles. The highest BCUT2D eigenvalue weighted by atomic mass is 19.4. The first-order valence-electron chi connectivity index (χ1n) is 6.49. The predicted octanol–water partition coefficient (Wildman–Crippen LogP) is 1.41. The van der Waals surface area contributed by atoms with Gasteiger partial charge in [-0.2, -0.15) is 13.2 Å².